The number of rotatable bonds is 3. The molecule has 5 rings (SSSR count). The third-order valence-electron chi connectivity index (χ3n) is 5.93. The molecule has 3 aromatic rings. The Balaban J connectivity index is 1.54. The summed E-state index contributed by atoms with van der Waals surface area (Å²) in [5.41, 5.74) is 4.81. The largest absolute Gasteiger partial charge is 0.507 e. The molecule has 0 saturated carbocycles. The van der Waals surface area contributed by atoms with Crippen LogP contribution >= 0.6 is 0 Å². The molecule has 6 nitrogen and oxygen atoms in total. The van der Waals surface area contributed by atoms with Gasteiger partial charge in [0.1, 0.15) is 11.4 Å². The zero-order valence-electron chi connectivity index (χ0n) is 15.6. The normalized spacial score (nSPS) is 20.1. The molecule has 0 unspecified atom stereocenters. The van der Waals surface area contributed by atoms with Crippen molar-refractivity contribution in [2.24, 2.45) is 0 Å². The van der Waals surface area contributed by atoms with Crippen LogP contribution in [0, 0.1) is 0 Å². The van der Waals surface area contributed by atoms with Gasteiger partial charge in [0.15, 0.2) is 0 Å². The SMILES string of the molecule is CN1CCC[C@@H](Nc2nnc(-c3ccc4c(c3O)CCC4)c3cccn23)C1. The summed E-state index contributed by atoms with van der Waals surface area (Å²) < 4.78 is 2.05. The number of aryl methyl sites for hydroxylation is 1. The van der Waals surface area contributed by atoms with Crippen LogP contribution in [0.5, 0.6) is 5.75 Å². The van der Waals surface area contributed by atoms with Crippen LogP contribution in [-0.2, 0) is 12.8 Å². The molecule has 2 aromatic heterocycles. The minimum Gasteiger partial charge on any atom is -0.507 e. The van der Waals surface area contributed by atoms with Gasteiger partial charge >= 0.3 is 0 Å². The van der Waals surface area contributed by atoms with Crippen molar-refractivity contribution >= 4 is 11.5 Å². The number of aromatic hydroxyl groups is 1. The number of likely N-dealkylation sites (N-methyl/N-ethyl adjacent to an activating group) is 1. The minimum atomic E-state index is 0.372. The molecule has 27 heavy (non-hydrogen) atoms. The summed E-state index contributed by atoms with van der Waals surface area (Å²) in [6.07, 6.45) is 7.44. The Morgan fingerprint density at radius 3 is 2.96 bits per heavy atom. The first-order valence-electron chi connectivity index (χ1n) is 9.83. The fraction of sp³-hybridized carbons (Fsp3) is 0.429. The molecule has 3 heterocycles. The maximum Gasteiger partial charge on any atom is 0.228 e. The molecule has 0 radical (unpaired) electrons. The maximum absolute atomic E-state index is 10.8. The third kappa shape index (κ3) is 2.84. The number of phenols is 1. The summed E-state index contributed by atoms with van der Waals surface area (Å²) in [6, 6.07) is 8.53. The van der Waals surface area contributed by atoms with Crippen LogP contribution in [0.4, 0.5) is 5.95 Å². The average molecular weight is 363 g/mol. The van der Waals surface area contributed by atoms with Gasteiger partial charge in [0.25, 0.3) is 0 Å². The topological polar surface area (TPSA) is 65.7 Å². The smallest absolute Gasteiger partial charge is 0.228 e. The van der Waals surface area contributed by atoms with Crippen LogP contribution in [0.25, 0.3) is 16.8 Å². The average Bonchev–Trinajstić information content (AvgIpc) is 3.32. The monoisotopic (exact) mass is 363 g/mol. The Labute approximate surface area is 158 Å². The first-order chi connectivity index (χ1) is 13.2. The fourth-order valence-corrected chi connectivity index (χ4v) is 4.55. The van der Waals surface area contributed by atoms with Crippen LogP contribution < -0.4 is 5.32 Å². The number of hydrogen-bond acceptors (Lipinski definition) is 5. The van der Waals surface area contributed by atoms with Gasteiger partial charge < -0.3 is 15.3 Å². The third-order valence-corrected chi connectivity index (χ3v) is 5.93. The Bertz CT molecular complexity index is 996. The van der Waals surface area contributed by atoms with E-state index in [1.807, 2.05) is 28.8 Å². The summed E-state index contributed by atoms with van der Waals surface area (Å²) in [6.45, 7) is 2.16. The van der Waals surface area contributed by atoms with E-state index in [1.54, 1.807) is 0 Å². The molecule has 1 atom stereocenters. The van der Waals surface area contributed by atoms with Crippen molar-refractivity contribution in [2.75, 3.05) is 25.5 Å². The van der Waals surface area contributed by atoms with E-state index in [0.29, 0.717) is 11.8 Å². The van der Waals surface area contributed by atoms with Crippen molar-refractivity contribution in [3.63, 3.8) is 0 Å². The Morgan fingerprint density at radius 1 is 1.15 bits per heavy atom. The molecule has 1 saturated heterocycles. The standard InChI is InChI=1S/C21H25N5O/c1-25-11-3-6-15(13-25)22-21-24-23-19(18-8-4-12-26(18)21)17-10-9-14-5-2-7-16(14)20(17)27/h4,8-10,12,15,27H,2-3,5-7,11,13H2,1H3,(H,22,24)/t15-/m1/s1. The molecule has 2 aliphatic rings. The van der Waals surface area contributed by atoms with E-state index in [1.165, 1.54) is 12.0 Å². The van der Waals surface area contributed by atoms with Crippen LogP contribution in [0.15, 0.2) is 30.5 Å². The highest BCUT2D eigenvalue weighted by Gasteiger charge is 2.22. The van der Waals surface area contributed by atoms with Crippen molar-refractivity contribution in [3.8, 4) is 17.0 Å². The van der Waals surface area contributed by atoms with Crippen molar-refractivity contribution < 1.29 is 5.11 Å². The molecule has 1 aromatic carbocycles. The Morgan fingerprint density at radius 2 is 2.07 bits per heavy atom. The molecule has 0 bridgehead atoms. The second kappa shape index (κ2) is 6.53. The number of anilines is 1. The van der Waals surface area contributed by atoms with Crippen LogP contribution in [0.2, 0.25) is 0 Å². The summed E-state index contributed by atoms with van der Waals surface area (Å²) in [4.78, 5) is 2.35. The predicted octanol–water partition coefficient (Wildman–Crippen LogP) is 3.10. The molecule has 1 fully saturated rings. The van der Waals surface area contributed by atoms with Gasteiger partial charge in [-0.3, -0.25) is 4.40 Å². The van der Waals surface area contributed by atoms with Gasteiger partial charge in [-0.2, -0.15) is 0 Å². The molecule has 0 spiro atoms. The molecular formula is C21H25N5O. The molecule has 0 amide bonds. The minimum absolute atomic E-state index is 0.372. The lowest BCUT2D eigenvalue weighted by molar-refractivity contribution is 0.260. The van der Waals surface area contributed by atoms with E-state index in [9.17, 15) is 5.11 Å². The van der Waals surface area contributed by atoms with Gasteiger partial charge in [-0.1, -0.05) is 6.07 Å². The van der Waals surface area contributed by atoms with Gasteiger partial charge in [-0.15, -0.1) is 10.2 Å². The zero-order chi connectivity index (χ0) is 18.4. The van der Waals surface area contributed by atoms with Crippen molar-refractivity contribution in [2.45, 2.75) is 38.1 Å². The molecule has 1 aliphatic heterocycles. The second-order valence-corrected chi connectivity index (χ2v) is 7.83. The van der Waals surface area contributed by atoms with Crippen molar-refractivity contribution in [3.05, 3.63) is 41.6 Å². The lowest BCUT2D eigenvalue weighted by atomic mass is 10.0. The van der Waals surface area contributed by atoms with Gasteiger partial charge in [0, 0.05) is 24.3 Å². The van der Waals surface area contributed by atoms with Gasteiger partial charge in [0.2, 0.25) is 5.95 Å². The number of benzene rings is 1. The van der Waals surface area contributed by atoms with E-state index >= 15 is 0 Å². The number of hydrogen-bond donors (Lipinski definition) is 2. The summed E-state index contributed by atoms with van der Waals surface area (Å²) in [5.74, 6) is 1.14. The molecular weight excluding hydrogens is 338 g/mol. The first kappa shape index (κ1) is 16.6. The summed E-state index contributed by atoms with van der Waals surface area (Å²) >= 11 is 0. The van der Waals surface area contributed by atoms with E-state index in [0.717, 1.165) is 67.1 Å². The second-order valence-electron chi connectivity index (χ2n) is 7.83. The quantitative estimate of drug-likeness (QED) is 0.749. The number of phenolic OH excluding ortho intramolecular Hbond substituents is 1. The lowest BCUT2D eigenvalue weighted by Crippen LogP contribution is -2.40. The maximum atomic E-state index is 10.8. The molecule has 140 valence electrons. The number of aromatic nitrogens is 3. The van der Waals surface area contributed by atoms with Gasteiger partial charge in [-0.25, -0.2) is 0 Å². The number of nitrogens with zero attached hydrogens (tertiary/aromatic N) is 4. The summed E-state index contributed by atoms with van der Waals surface area (Å²) in [7, 11) is 2.16. The van der Waals surface area contributed by atoms with Crippen LogP contribution in [0.3, 0.4) is 0 Å². The Kier molecular flexibility index (Phi) is 4.01. The van der Waals surface area contributed by atoms with E-state index in [2.05, 4.69) is 33.5 Å². The number of likely N-dealkylation sites (tertiary alicyclic amines) is 1. The van der Waals surface area contributed by atoms with E-state index < -0.39 is 0 Å². The predicted molar refractivity (Wildman–Crippen MR) is 106 cm³/mol. The van der Waals surface area contributed by atoms with Crippen molar-refractivity contribution in [1.29, 1.82) is 0 Å². The van der Waals surface area contributed by atoms with E-state index in [4.69, 9.17) is 0 Å². The number of nitrogens with one attached hydrogen (secondary N) is 1. The summed E-state index contributed by atoms with van der Waals surface area (Å²) in [5, 5.41) is 23.4. The van der Waals surface area contributed by atoms with Crippen molar-refractivity contribution in [1.82, 2.24) is 19.5 Å². The van der Waals surface area contributed by atoms with Gasteiger partial charge in [-0.05, 0) is 75.0 Å². The highest BCUT2D eigenvalue weighted by Crippen LogP contribution is 2.39. The molecule has 6 heteroatoms. The Hall–Kier alpha value is -2.60. The zero-order valence-corrected chi connectivity index (χ0v) is 15.6. The lowest BCUT2D eigenvalue weighted by Gasteiger charge is -2.30. The number of fused-ring (bicyclic) bond motifs is 2. The highest BCUT2D eigenvalue weighted by molar-refractivity contribution is 5.82. The molecule has 2 N–H and O–H groups in total. The van der Waals surface area contributed by atoms with Crippen LogP contribution in [0.1, 0.15) is 30.4 Å². The van der Waals surface area contributed by atoms with Crippen LogP contribution in [-0.4, -0.2) is 50.8 Å². The van der Waals surface area contributed by atoms with E-state index in [-0.39, 0.29) is 0 Å². The highest BCUT2D eigenvalue weighted by atomic mass is 16.3. The van der Waals surface area contributed by atoms with Gasteiger partial charge in [0.05, 0.1) is 5.52 Å². The number of piperidine rings is 1. The first-order valence-corrected chi connectivity index (χ1v) is 9.83. The fourth-order valence-electron chi connectivity index (χ4n) is 4.55. The molecule has 1 aliphatic carbocycles.